The average Bonchev–Trinajstić information content (AvgIpc) is 1.83. The van der Waals surface area contributed by atoms with Gasteiger partial charge in [0.05, 0.1) is 0 Å². The van der Waals surface area contributed by atoms with Gasteiger partial charge in [0.15, 0.2) is 0 Å². The zero-order valence-corrected chi connectivity index (χ0v) is 7.98. The molecule has 0 saturated carbocycles. The van der Waals surface area contributed by atoms with Crippen molar-refractivity contribution in [3.63, 3.8) is 0 Å². The fourth-order valence-corrected chi connectivity index (χ4v) is 1.24. The first-order valence-corrected chi connectivity index (χ1v) is 4.02. The van der Waals surface area contributed by atoms with Gasteiger partial charge in [-0.1, -0.05) is 20.8 Å². The highest BCUT2D eigenvalue weighted by molar-refractivity contribution is 7.80. The Morgan fingerprint density at radius 1 is 1.55 bits per heavy atom. The van der Waals surface area contributed by atoms with E-state index < -0.39 is 16.9 Å². The molecular weight excluding hydrogens is 162 g/mol. The van der Waals surface area contributed by atoms with E-state index in [0.717, 1.165) is 0 Å². The van der Waals surface area contributed by atoms with Gasteiger partial charge in [-0.25, -0.2) is 0 Å². The molecule has 0 unspecified atom stereocenters. The van der Waals surface area contributed by atoms with Crippen molar-refractivity contribution < 1.29 is 9.90 Å². The third-order valence-corrected chi connectivity index (χ3v) is 2.47. The molecule has 0 rings (SSSR count). The largest absolute Gasteiger partial charge is 0.480 e. The summed E-state index contributed by atoms with van der Waals surface area (Å²) in [5.74, 6) is -0.855. The summed E-state index contributed by atoms with van der Waals surface area (Å²) in [6, 6.07) is 0. The highest BCUT2D eigenvalue weighted by atomic mass is 32.1. The second kappa shape index (κ2) is 3.03. The molecule has 0 aromatic heterocycles. The summed E-state index contributed by atoms with van der Waals surface area (Å²) in [6.45, 7) is 5.37. The number of carboxylic acid groups (broad SMARTS) is 1. The molecule has 4 heteroatoms. The van der Waals surface area contributed by atoms with Gasteiger partial charge in [-0.05, 0) is 5.41 Å². The molecule has 0 aliphatic carbocycles. The summed E-state index contributed by atoms with van der Waals surface area (Å²) in [7, 11) is 0. The van der Waals surface area contributed by atoms with Crippen molar-refractivity contribution in [3.05, 3.63) is 0 Å². The van der Waals surface area contributed by atoms with Crippen molar-refractivity contribution in [2.24, 2.45) is 11.1 Å². The monoisotopic (exact) mass is 177 g/mol. The molecule has 66 valence electrons. The number of hydrogen-bond acceptors (Lipinski definition) is 3. The first kappa shape index (κ1) is 10.8. The second-order valence-corrected chi connectivity index (χ2v) is 4.00. The number of thiol groups is 1. The molecule has 1 atom stereocenters. The first-order chi connectivity index (χ1) is 4.75. The number of rotatable bonds is 2. The summed E-state index contributed by atoms with van der Waals surface area (Å²) in [4.78, 5) is 10.7. The second-order valence-electron chi connectivity index (χ2n) is 3.68. The van der Waals surface area contributed by atoms with E-state index >= 15 is 0 Å². The van der Waals surface area contributed by atoms with Crippen LogP contribution < -0.4 is 5.73 Å². The first-order valence-electron chi connectivity index (χ1n) is 3.39. The molecule has 3 N–H and O–H groups in total. The van der Waals surface area contributed by atoms with Crippen molar-refractivity contribution >= 4 is 18.6 Å². The Bertz CT molecular complexity index is 164. The van der Waals surface area contributed by atoms with Crippen LogP contribution in [0.25, 0.3) is 0 Å². The van der Waals surface area contributed by atoms with Crippen LogP contribution in [0.3, 0.4) is 0 Å². The van der Waals surface area contributed by atoms with Crippen LogP contribution in [0.15, 0.2) is 0 Å². The Morgan fingerprint density at radius 3 is 1.91 bits per heavy atom. The molecule has 0 heterocycles. The quantitative estimate of drug-likeness (QED) is 0.545. The van der Waals surface area contributed by atoms with Gasteiger partial charge in [0.2, 0.25) is 0 Å². The molecule has 11 heavy (non-hydrogen) atoms. The van der Waals surface area contributed by atoms with Crippen LogP contribution in [0.1, 0.15) is 20.8 Å². The molecule has 0 aromatic rings. The lowest BCUT2D eigenvalue weighted by molar-refractivity contribution is -0.146. The average molecular weight is 177 g/mol. The molecular formula is C7H15NO2S. The number of carboxylic acids is 1. The Morgan fingerprint density at radius 2 is 1.91 bits per heavy atom. The van der Waals surface area contributed by atoms with E-state index in [1.165, 1.54) is 0 Å². The van der Waals surface area contributed by atoms with Crippen LogP contribution in [0, 0.1) is 5.41 Å². The minimum absolute atomic E-state index is 0.145. The van der Waals surface area contributed by atoms with Crippen LogP contribution in [0.4, 0.5) is 0 Å². The van der Waals surface area contributed by atoms with E-state index in [1.807, 2.05) is 0 Å². The molecule has 0 aromatic carbocycles. The van der Waals surface area contributed by atoms with Gasteiger partial charge >= 0.3 is 5.97 Å². The fraction of sp³-hybridized carbons (Fsp3) is 0.857. The summed E-state index contributed by atoms with van der Waals surface area (Å²) in [6.07, 6.45) is 0. The molecule has 3 nitrogen and oxygen atoms in total. The van der Waals surface area contributed by atoms with E-state index in [1.54, 1.807) is 20.8 Å². The third-order valence-electron chi connectivity index (χ3n) is 1.97. The molecule has 0 bridgehead atoms. The number of carbonyl (C=O) groups is 1. The SMILES string of the molecule is CC(C)(C)[C@@](N)(CS)C(=O)O. The zero-order chi connectivity index (χ0) is 9.28. The van der Waals surface area contributed by atoms with E-state index in [-0.39, 0.29) is 5.75 Å². The Hall–Kier alpha value is -0.220. The van der Waals surface area contributed by atoms with Gasteiger partial charge in [-0.15, -0.1) is 0 Å². The number of hydrogen-bond donors (Lipinski definition) is 3. The van der Waals surface area contributed by atoms with Crippen LogP contribution in [0.5, 0.6) is 0 Å². The van der Waals surface area contributed by atoms with Gasteiger partial charge in [-0.2, -0.15) is 12.6 Å². The summed E-state index contributed by atoms with van der Waals surface area (Å²) >= 11 is 3.93. The highest BCUT2D eigenvalue weighted by Gasteiger charge is 2.44. The minimum atomic E-state index is -1.24. The maximum atomic E-state index is 10.7. The standard InChI is InChI=1S/C7H15NO2S/c1-6(2,3)7(8,4-11)5(9)10/h11H,4,8H2,1-3H3,(H,9,10)/t7-/m1/s1. The van der Waals surface area contributed by atoms with Crippen LogP contribution in [-0.2, 0) is 4.79 Å². The summed E-state index contributed by atoms with van der Waals surface area (Å²) in [5, 5.41) is 8.79. The molecule has 0 fully saturated rings. The maximum Gasteiger partial charge on any atom is 0.325 e. The molecule has 0 spiro atoms. The third kappa shape index (κ3) is 1.87. The summed E-state index contributed by atoms with van der Waals surface area (Å²) in [5.41, 5.74) is 3.93. The highest BCUT2D eigenvalue weighted by Crippen LogP contribution is 2.29. The van der Waals surface area contributed by atoms with E-state index in [9.17, 15) is 4.79 Å². The van der Waals surface area contributed by atoms with E-state index in [0.29, 0.717) is 0 Å². The smallest absolute Gasteiger partial charge is 0.325 e. The van der Waals surface area contributed by atoms with Gasteiger partial charge in [0, 0.05) is 5.75 Å². The van der Waals surface area contributed by atoms with Crippen molar-refractivity contribution in [1.82, 2.24) is 0 Å². The zero-order valence-electron chi connectivity index (χ0n) is 7.09. The lowest BCUT2D eigenvalue weighted by Crippen LogP contribution is -2.59. The van der Waals surface area contributed by atoms with Crippen molar-refractivity contribution in [1.29, 1.82) is 0 Å². The van der Waals surface area contributed by atoms with E-state index in [2.05, 4.69) is 12.6 Å². The van der Waals surface area contributed by atoms with Crippen molar-refractivity contribution in [2.45, 2.75) is 26.3 Å². The normalized spacial score (nSPS) is 17.5. The predicted molar refractivity (Wildman–Crippen MR) is 47.9 cm³/mol. The Labute approximate surface area is 72.4 Å². The van der Waals surface area contributed by atoms with Gasteiger partial charge < -0.3 is 10.8 Å². The molecule has 0 amide bonds. The molecule has 0 radical (unpaired) electrons. The Kier molecular flexibility index (Phi) is 2.97. The number of nitrogens with two attached hydrogens (primary N) is 1. The van der Waals surface area contributed by atoms with Gasteiger partial charge in [0.1, 0.15) is 5.54 Å². The maximum absolute atomic E-state index is 10.7. The number of aliphatic carboxylic acids is 1. The summed E-state index contributed by atoms with van der Waals surface area (Å²) < 4.78 is 0. The Balaban J connectivity index is 4.75. The van der Waals surface area contributed by atoms with Gasteiger partial charge in [-0.3, -0.25) is 4.79 Å². The minimum Gasteiger partial charge on any atom is -0.480 e. The topological polar surface area (TPSA) is 63.3 Å². The fourth-order valence-electron chi connectivity index (χ4n) is 0.626. The van der Waals surface area contributed by atoms with Crippen LogP contribution in [0.2, 0.25) is 0 Å². The van der Waals surface area contributed by atoms with Crippen LogP contribution >= 0.6 is 12.6 Å². The molecule has 0 aliphatic rings. The predicted octanol–water partition coefficient (Wildman–Crippen LogP) is 0.744. The van der Waals surface area contributed by atoms with E-state index in [4.69, 9.17) is 10.8 Å². The molecule has 0 saturated heterocycles. The van der Waals surface area contributed by atoms with Crippen molar-refractivity contribution in [3.8, 4) is 0 Å². The van der Waals surface area contributed by atoms with Crippen molar-refractivity contribution in [2.75, 3.05) is 5.75 Å². The van der Waals surface area contributed by atoms with Crippen LogP contribution in [-0.4, -0.2) is 22.4 Å². The lowest BCUT2D eigenvalue weighted by Gasteiger charge is -2.36. The molecule has 0 aliphatic heterocycles. The van der Waals surface area contributed by atoms with Gasteiger partial charge in [0.25, 0.3) is 0 Å². The lowest BCUT2D eigenvalue weighted by atomic mass is 9.75.